The molecule has 30 heavy (non-hydrogen) atoms. The minimum Gasteiger partial charge on any atom is -0.388 e. The number of nitrogens with two attached hydrogens (primary N) is 1. The van der Waals surface area contributed by atoms with Crippen molar-refractivity contribution >= 4 is 5.91 Å². The molecule has 0 radical (unpaired) electrons. The van der Waals surface area contributed by atoms with Gasteiger partial charge in [-0.15, -0.1) is 0 Å². The summed E-state index contributed by atoms with van der Waals surface area (Å²) in [6.45, 7) is 4.57. The van der Waals surface area contributed by atoms with Gasteiger partial charge in [-0.25, -0.2) is 0 Å². The van der Waals surface area contributed by atoms with Gasteiger partial charge in [0.05, 0.1) is 66.0 Å². The normalized spacial score (nSPS) is 30.8. The number of rotatable bonds is 15. The van der Waals surface area contributed by atoms with Crippen molar-refractivity contribution in [3.63, 3.8) is 0 Å². The molecular weight excluding hydrogens is 404 g/mol. The van der Waals surface area contributed by atoms with Crippen LogP contribution in [0.2, 0.25) is 0 Å². The second-order valence-corrected chi connectivity index (χ2v) is 6.89. The van der Waals surface area contributed by atoms with Crippen LogP contribution in [0.4, 0.5) is 0 Å². The molecule has 174 valence electrons. The molecular formula is C17H32N4O9. The lowest BCUT2D eigenvalue weighted by molar-refractivity contribution is -0.238. The standard InChI is InChI=1S/C17H32N4O9/c1-12(22)20-13-14(23)15(24)17(11-29-16(13)30-17)10-28-9-8-27-7-6-26-5-4-25-3-2-19-21-18/h13-16,23-24H,2-11H2,1H3,(H2,18,19)(H,20,22)/t13-,14-,15-,16+,17+/m1/s1. The zero-order valence-corrected chi connectivity index (χ0v) is 17.1. The highest BCUT2D eigenvalue weighted by Crippen LogP contribution is 2.37. The molecule has 1 amide bonds. The van der Waals surface area contributed by atoms with Gasteiger partial charge >= 0.3 is 0 Å². The maximum atomic E-state index is 11.3. The number of fused-ring (bicyclic) bond motifs is 2. The Kier molecular flexibility index (Phi) is 10.8. The van der Waals surface area contributed by atoms with E-state index in [1.165, 1.54) is 6.92 Å². The Hall–Kier alpha value is -1.45. The quantitative estimate of drug-likeness (QED) is 0.0947. The lowest BCUT2D eigenvalue weighted by Gasteiger charge is -2.42. The summed E-state index contributed by atoms with van der Waals surface area (Å²) in [5.74, 6) is 4.51. The van der Waals surface area contributed by atoms with Crippen LogP contribution in [0.1, 0.15) is 6.92 Å². The van der Waals surface area contributed by atoms with Crippen molar-refractivity contribution < 1.29 is 43.4 Å². The summed E-state index contributed by atoms with van der Waals surface area (Å²) in [5, 5.41) is 30.0. The summed E-state index contributed by atoms with van der Waals surface area (Å²) in [6.07, 6.45) is -3.32. The molecule has 0 aromatic rings. The van der Waals surface area contributed by atoms with Crippen LogP contribution < -0.4 is 11.2 Å². The number of aliphatic hydroxyl groups excluding tert-OH is 2. The van der Waals surface area contributed by atoms with E-state index >= 15 is 0 Å². The molecule has 2 rings (SSSR count). The van der Waals surface area contributed by atoms with Gasteiger partial charge in [0.15, 0.2) is 6.29 Å². The Balaban J connectivity index is 1.51. The second-order valence-electron chi connectivity index (χ2n) is 6.89. The van der Waals surface area contributed by atoms with Crippen molar-refractivity contribution in [2.75, 3.05) is 66.0 Å². The van der Waals surface area contributed by atoms with Crippen LogP contribution >= 0.6 is 0 Å². The first-order valence-electron chi connectivity index (χ1n) is 9.80. The molecule has 2 heterocycles. The zero-order valence-electron chi connectivity index (χ0n) is 17.1. The van der Waals surface area contributed by atoms with E-state index in [2.05, 4.69) is 15.7 Å². The molecule has 0 aromatic heterocycles. The van der Waals surface area contributed by atoms with Gasteiger partial charge in [-0.2, -0.15) is 5.11 Å². The highest BCUT2D eigenvalue weighted by Gasteiger charge is 2.59. The van der Waals surface area contributed by atoms with Gasteiger partial charge in [0, 0.05) is 6.92 Å². The van der Waals surface area contributed by atoms with Crippen LogP contribution in [0.25, 0.3) is 0 Å². The number of nitrogens with one attached hydrogen (secondary N) is 1. The number of ether oxygens (including phenoxy) is 6. The van der Waals surface area contributed by atoms with E-state index in [9.17, 15) is 15.0 Å². The summed E-state index contributed by atoms with van der Waals surface area (Å²) >= 11 is 0. The highest BCUT2D eigenvalue weighted by atomic mass is 16.8. The van der Waals surface area contributed by atoms with Crippen LogP contribution in [0.15, 0.2) is 10.3 Å². The smallest absolute Gasteiger partial charge is 0.217 e. The average molecular weight is 436 g/mol. The van der Waals surface area contributed by atoms with Crippen LogP contribution in [0.5, 0.6) is 0 Å². The fourth-order valence-electron chi connectivity index (χ4n) is 3.14. The summed E-state index contributed by atoms with van der Waals surface area (Å²) < 4.78 is 32.8. The number of hydrogen-bond acceptors (Lipinski definition) is 11. The number of carbonyl (C=O) groups excluding carboxylic acids is 1. The zero-order chi connectivity index (χ0) is 21.8. The first-order chi connectivity index (χ1) is 14.5. The summed E-state index contributed by atoms with van der Waals surface area (Å²) in [7, 11) is 0. The van der Waals surface area contributed by atoms with E-state index in [0.717, 1.165) is 0 Å². The topological polar surface area (TPSA) is 176 Å². The second kappa shape index (κ2) is 13.1. The molecule has 0 unspecified atom stereocenters. The third-order valence-corrected chi connectivity index (χ3v) is 4.62. The number of nitrogens with zero attached hydrogens (tertiary/aromatic N) is 2. The van der Waals surface area contributed by atoms with Crippen molar-refractivity contribution in [2.45, 2.75) is 37.1 Å². The number of carbonyl (C=O) groups is 1. The van der Waals surface area contributed by atoms with Crippen LogP contribution in [-0.2, 0) is 33.2 Å². The van der Waals surface area contributed by atoms with E-state index < -0.39 is 30.1 Å². The molecule has 2 aliphatic heterocycles. The van der Waals surface area contributed by atoms with Crippen LogP contribution in [-0.4, -0.2) is 112 Å². The van der Waals surface area contributed by atoms with Gasteiger partial charge in [-0.1, -0.05) is 5.22 Å². The van der Waals surface area contributed by atoms with Crippen molar-refractivity contribution in [3.8, 4) is 0 Å². The maximum Gasteiger partial charge on any atom is 0.217 e. The monoisotopic (exact) mass is 436 g/mol. The molecule has 5 atom stereocenters. The van der Waals surface area contributed by atoms with E-state index in [1.807, 2.05) is 0 Å². The lowest BCUT2D eigenvalue weighted by Crippen LogP contribution is -2.66. The van der Waals surface area contributed by atoms with Crippen molar-refractivity contribution in [3.05, 3.63) is 0 Å². The molecule has 0 saturated carbocycles. The molecule has 0 spiro atoms. The van der Waals surface area contributed by atoms with Crippen molar-refractivity contribution in [1.82, 2.24) is 5.32 Å². The highest BCUT2D eigenvalue weighted by molar-refractivity contribution is 5.73. The van der Waals surface area contributed by atoms with E-state index in [4.69, 9.17) is 34.3 Å². The number of aliphatic hydroxyl groups is 2. The minimum absolute atomic E-state index is 0.0233. The van der Waals surface area contributed by atoms with Crippen LogP contribution in [0, 0.1) is 0 Å². The Labute approximate surface area is 174 Å². The molecule has 2 bridgehead atoms. The minimum atomic E-state index is -1.26. The Bertz CT molecular complexity index is 541. The first kappa shape index (κ1) is 24.8. The Morgan fingerprint density at radius 2 is 1.70 bits per heavy atom. The first-order valence-corrected chi connectivity index (χ1v) is 9.80. The Morgan fingerprint density at radius 1 is 1.10 bits per heavy atom. The molecule has 0 aromatic carbocycles. The van der Waals surface area contributed by atoms with Gasteiger partial charge in [0.1, 0.15) is 23.9 Å². The SMILES string of the molecule is CC(=O)N[C@H]1[C@H]2OC[C@](COCCOCCOCCOCCN=NN)(O2)[C@H](O)[C@@H]1O. The van der Waals surface area contributed by atoms with E-state index in [1.54, 1.807) is 0 Å². The van der Waals surface area contributed by atoms with Gasteiger partial charge in [0.25, 0.3) is 0 Å². The molecule has 13 heteroatoms. The van der Waals surface area contributed by atoms with E-state index in [-0.39, 0.29) is 25.7 Å². The number of amides is 1. The third kappa shape index (κ3) is 7.35. The molecule has 2 fully saturated rings. The maximum absolute atomic E-state index is 11.3. The molecule has 2 saturated heterocycles. The van der Waals surface area contributed by atoms with Gasteiger partial charge in [-0.3, -0.25) is 4.79 Å². The summed E-state index contributed by atoms with van der Waals surface area (Å²) in [5.41, 5.74) is -1.17. The van der Waals surface area contributed by atoms with Crippen molar-refractivity contribution in [2.24, 2.45) is 16.2 Å². The fraction of sp³-hybridized carbons (Fsp3) is 0.941. The fourth-order valence-corrected chi connectivity index (χ4v) is 3.14. The predicted molar refractivity (Wildman–Crippen MR) is 100 cm³/mol. The van der Waals surface area contributed by atoms with Gasteiger partial charge in [0.2, 0.25) is 5.91 Å². The van der Waals surface area contributed by atoms with E-state index in [0.29, 0.717) is 46.2 Å². The molecule has 5 N–H and O–H groups in total. The Morgan fingerprint density at radius 3 is 2.30 bits per heavy atom. The predicted octanol–water partition coefficient (Wildman–Crippen LogP) is -2.27. The van der Waals surface area contributed by atoms with Crippen molar-refractivity contribution in [1.29, 1.82) is 0 Å². The number of hydrogen-bond donors (Lipinski definition) is 4. The summed E-state index contributed by atoms with van der Waals surface area (Å²) in [4.78, 5) is 11.3. The third-order valence-electron chi connectivity index (χ3n) is 4.62. The molecule has 13 nitrogen and oxygen atoms in total. The summed E-state index contributed by atoms with van der Waals surface area (Å²) in [6, 6.07) is -0.835. The average Bonchev–Trinajstić information content (AvgIpc) is 3.12. The largest absolute Gasteiger partial charge is 0.388 e. The van der Waals surface area contributed by atoms with Gasteiger partial charge in [-0.05, 0) is 0 Å². The lowest BCUT2D eigenvalue weighted by atomic mass is 9.88. The van der Waals surface area contributed by atoms with Gasteiger partial charge < -0.3 is 49.8 Å². The molecule has 0 aliphatic carbocycles. The molecule has 2 aliphatic rings. The van der Waals surface area contributed by atoms with Crippen LogP contribution in [0.3, 0.4) is 0 Å².